The molecule has 3 fully saturated rings. The van der Waals surface area contributed by atoms with Crippen LogP contribution in [-0.4, -0.2) is 81.2 Å². The normalized spacial score (nSPS) is 27.8. The smallest absolute Gasteiger partial charge is 0.243 e. The van der Waals surface area contributed by atoms with E-state index >= 15 is 0 Å². The molecule has 0 aromatic heterocycles. The molecule has 1 unspecified atom stereocenters. The highest BCUT2D eigenvalue weighted by molar-refractivity contribution is 8.77. The highest BCUT2D eigenvalue weighted by atomic mass is 33.1. The van der Waals surface area contributed by atoms with E-state index in [2.05, 4.69) is 88.0 Å². The Kier molecular flexibility index (Phi) is 30.9. The molecular formula is C62H118N6O2S2. The fraction of sp³-hybridized carbons (Fsp3) is 0.935. The first-order valence-electron chi connectivity index (χ1n) is 31.1. The summed E-state index contributed by atoms with van der Waals surface area (Å²) in [6, 6.07) is -0.530. The zero-order chi connectivity index (χ0) is 52.1. The minimum absolute atomic E-state index is 0.0294. The molecule has 0 spiro atoms. The van der Waals surface area contributed by atoms with E-state index < -0.39 is 6.04 Å². The predicted molar refractivity (Wildman–Crippen MR) is 317 cm³/mol. The van der Waals surface area contributed by atoms with Gasteiger partial charge in [0.05, 0.1) is 6.54 Å². The summed E-state index contributed by atoms with van der Waals surface area (Å²) < 4.78 is 0. The van der Waals surface area contributed by atoms with Crippen molar-refractivity contribution in [1.82, 2.24) is 26.6 Å². The van der Waals surface area contributed by atoms with Crippen molar-refractivity contribution in [2.24, 2.45) is 51.1 Å². The molecule has 0 saturated heterocycles. The van der Waals surface area contributed by atoms with Crippen LogP contribution in [0.15, 0.2) is 11.6 Å². The maximum atomic E-state index is 13.8. The van der Waals surface area contributed by atoms with Crippen LogP contribution in [-0.2, 0) is 9.59 Å². The van der Waals surface area contributed by atoms with Crippen LogP contribution in [0.3, 0.4) is 0 Å². The molecule has 0 aromatic rings. The number of unbranched alkanes of at least 4 members (excludes halogenated alkanes) is 16. The highest BCUT2D eigenvalue weighted by Crippen LogP contribution is 2.77. The number of amides is 2. The molecule has 0 aromatic carbocycles. The van der Waals surface area contributed by atoms with Gasteiger partial charge in [-0.2, -0.15) is 0 Å². The van der Waals surface area contributed by atoms with E-state index in [1.54, 1.807) is 5.57 Å². The van der Waals surface area contributed by atoms with Gasteiger partial charge in [-0.1, -0.05) is 204 Å². The topological polar surface area (TPSA) is 120 Å². The van der Waals surface area contributed by atoms with E-state index in [1.165, 1.54) is 154 Å². The van der Waals surface area contributed by atoms with Crippen molar-refractivity contribution in [2.45, 2.75) is 266 Å². The van der Waals surface area contributed by atoms with Gasteiger partial charge in [0.1, 0.15) is 6.04 Å². The van der Waals surface area contributed by atoms with Crippen molar-refractivity contribution in [3.63, 3.8) is 0 Å². The summed E-state index contributed by atoms with van der Waals surface area (Å²) in [7, 11) is 3.79. The Bertz CT molecular complexity index is 1520. The van der Waals surface area contributed by atoms with Gasteiger partial charge in [-0.25, -0.2) is 0 Å². The maximum absolute atomic E-state index is 13.8. The molecule has 3 saturated carbocycles. The number of hydrogen-bond donors (Lipinski definition) is 6. The van der Waals surface area contributed by atoms with Crippen LogP contribution in [0.1, 0.15) is 254 Å². The third-order valence-corrected chi connectivity index (χ3v) is 22.8. The molecule has 4 rings (SSSR count). The van der Waals surface area contributed by atoms with E-state index in [4.69, 9.17) is 5.73 Å². The molecular weight excluding hydrogens is 925 g/mol. The summed E-state index contributed by atoms with van der Waals surface area (Å²) in [6.07, 6.45) is 43.1. The number of rotatable bonds is 42. The molecule has 4 aliphatic carbocycles. The summed E-state index contributed by atoms with van der Waals surface area (Å²) in [5.74, 6) is 3.73. The molecule has 0 radical (unpaired) electrons. The van der Waals surface area contributed by atoms with Crippen molar-refractivity contribution in [3.05, 3.63) is 11.6 Å². The first-order chi connectivity index (χ1) is 34.8. The molecule has 0 bridgehead atoms. The van der Waals surface area contributed by atoms with Gasteiger partial charge in [-0.05, 0) is 168 Å². The average Bonchev–Trinajstić information content (AvgIpc) is 3.64. The zero-order valence-corrected chi connectivity index (χ0v) is 50.2. The zero-order valence-electron chi connectivity index (χ0n) is 48.5. The van der Waals surface area contributed by atoms with Crippen LogP contribution in [0.25, 0.3) is 0 Å². The number of carbonyl (C=O) groups is 2. The number of nitrogens with two attached hydrogens (primary N) is 1. The van der Waals surface area contributed by atoms with Gasteiger partial charge in [-0.15, -0.1) is 0 Å². The van der Waals surface area contributed by atoms with Gasteiger partial charge >= 0.3 is 0 Å². The van der Waals surface area contributed by atoms with Crippen LogP contribution in [0.2, 0.25) is 0 Å². The minimum Gasteiger partial charge on any atom is -0.354 e. The largest absolute Gasteiger partial charge is 0.354 e. The molecule has 420 valence electrons. The molecule has 7 N–H and O–H groups in total. The second-order valence-corrected chi connectivity index (χ2v) is 28.1. The van der Waals surface area contributed by atoms with Crippen LogP contribution >= 0.6 is 21.6 Å². The summed E-state index contributed by atoms with van der Waals surface area (Å²) >= 11 is 0. The lowest BCUT2D eigenvalue weighted by molar-refractivity contribution is -0.161. The number of carbonyl (C=O) groups excluding carboxylic acids is 2. The van der Waals surface area contributed by atoms with Gasteiger partial charge in [-0.3, -0.25) is 9.59 Å². The van der Waals surface area contributed by atoms with Crippen LogP contribution in [0.5, 0.6) is 0 Å². The van der Waals surface area contributed by atoms with Crippen molar-refractivity contribution in [1.29, 1.82) is 0 Å². The SMILES string of the molecule is CCCCCCCCCCCCCCCCCCNC(=O)C(CSS[C@@H]1CC[C@@]2(C)C(=CC[C@@H]3[C@@]2(C)CC[C@]2(C)[C@@H]([C@H](C)CCCC(C)C)CC[C@]32C)C1)NC(=O)CNCCCNCCCCNCCCN. The summed E-state index contributed by atoms with van der Waals surface area (Å²) in [5.41, 5.74) is 8.76. The number of allylic oxidation sites excluding steroid dienone is 2. The molecule has 0 aliphatic heterocycles. The molecule has 10 heteroatoms. The number of nitrogens with one attached hydrogen (secondary N) is 5. The molecule has 8 nitrogen and oxygen atoms in total. The van der Waals surface area contributed by atoms with Crippen molar-refractivity contribution < 1.29 is 9.59 Å². The Hall–Kier alpha value is -0.780. The van der Waals surface area contributed by atoms with Gasteiger partial charge in [0.25, 0.3) is 0 Å². The number of hydrogen-bond acceptors (Lipinski definition) is 8. The lowest BCUT2D eigenvalue weighted by Gasteiger charge is -2.68. The summed E-state index contributed by atoms with van der Waals surface area (Å²) in [6.45, 7) is 27.0. The van der Waals surface area contributed by atoms with Crippen LogP contribution in [0.4, 0.5) is 0 Å². The minimum atomic E-state index is -0.530. The molecule has 4 aliphatic rings. The quantitative estimate of drug-likeness (QED) is 0.0203. The van der Waals surface area contributed by atoms with Gasteiger partial charge in [0, 0.05) is 17.5 Å². The Morgan fingerprint density at radius 2 is 1.21 bits per heavy atom. The first-order valence-corrected chi connectivity index (χ1v) is 33.5. The Morgan fingerprint density at radius 3 is 1.83 bits per heavy atom. The molecule has 72 heavy (non-hydrogen) atoms. The maximum Gasteiger partial charge on any atom is 0.243 e. The summed E-state index contributed by atoms with van der Waals surface area (Å²) in [5, 5.41) is 17.2. The Balaban J connectivity index is 1.21. The molecule has 0 heterocycles. The van der Waals surface area contributed by atoms with E-state index in [-0.39, 0.29) is 23.8 Å². The fourth-order valence-corrected chi connectivity index (χ4v) is 17.5. The lowest BCUT2D eigenvalue weighted by Crippen LogP contribution is -2.60. The van der Waals surface area contributed by atoms with Gasteiger partial charge in [0.15, 0.2) is 0 Å². The summed E-state index contributed by atoms with van der Waals surface area (Å²) in [4.78, 5) is 27.1. The Labute approximate surface area is 453 Å². The second-order valence-electron chi connectivity index (χ2n) is 25.4. The predicted octanol–water partition coefficient (Wildman–Crippen LogP) is 14.7. The van der Waals surface area contributed by atoms with Crippen molar-refractivity contribution in [3.8, 4) is 0 Å². The van der Waals surface area contributed by atoms with E-state index in [9.17, 15) is 9.59 Å². The average molecular weight is 1040 g/mol. The monoisotopic (exact) mass is 1040 g/mol. The van der Waals surface area contributed by atoms with Gasteiger partial charge < -0.3 is 32.3 Å². The van der Waals surface area contributed by atoms with Gasteiger partial charge in [0.2, 0.25) is 11.8 Å². The Morgan fingerprint density at radius 1 is 0.639 bits per heavy atom. The molecule has 2 amide bonds. The lowest BCUT2D eigenvalue weighted by atomic mass is 9.37. The number of fused-ring (bicyclic) bond motifs is 5. The fourth-order valence-electron chi connectivity index (χ4n) is 14.7. The third-order valence-electron chi connectivity index (χ3n) is 19.8. The highest BCUT2D eigenvalue weighted by Gasteiger charge is 2.68. The van der Waals surface area contributed by atoms with Crippen LogP contribution in [0, 0.1) is 45.3 Å². The van der Waals surface area contributed by atoms with Crippen molar-refractivity contribution >= 4 is 33.4 Å². The van der Waals surface area contributed by atoms with E-state index in [1.807, 2.05) is 21.6 Å². The second kappa shape index (κ2) is 34.9. The third kappa shape index (κ3) is 19.9. The molecule has 9 atom stereocenters. The van der Waals surface area contributed by atoms with Crippen LogP contribution < -0.4 is 32.3 Å². The first kappa shape index (κ1) is 63.8. The van der Waals surface area contributed by atoms with Crippen molar-refractivity contribution in [2.75, 3.05) is 58.1 Å². The van der Waals surface area contributed by atoms with E-state index in [0.717, 1.165) is 108 Å². The standard InChI is InChI=1S/C62H118N6O2S2/c1-9-10-11-12-13-14-15-16-17-18-19-20-21-22-23-24-46-67-58(70)55(68-57(69)48-66-45-29-44-65-42-26-25-41-64-43-28-40-63)49-71-72-53-34-36-59(5)52(47-53)32-33-56-61(7)37-35-54(51(4)31-27-30-50(2)3)60(61,6)38-39-62(56,59)8/h32,50-51,53-56,64-66H,9-31,33-49,63H2,1-8H3,(H,67,70)(H,68,69)/t51-,53-,54-,55?,56+,59+,60-,61-,62-/m1/s1. The van der Waals surface area contributed by atoms with E-state index in [0.29, 0.717) is 33.8 Å².